The van der Waals surface area contributed by atoms with Crippen LogP contribution < -0.4 is 10.3 Å². The highest BCUT2D eigenvalue weighted by Crippen LogP contribution is 2.27. The zero-order chi connectivity index (χ0) is 20.1. The lowest BCUT2D eigenvalue weighted by Crippen LogP contribution is -2.22. The first kappa shape index (κ1) is 19.5. The summed E-state index contributed by atoms with van der Waals surface area (Å²) in [5.74, 6) is 0.160. The minimum Gasteiger partial charge on any atom is -0.494 e. The van der Waals surface area contributed by atoms with Gasteiger partial charge in [-0.05, 0) is 43.0 Å². The van der Waals surface area contributed by atoms with E-state index in [9.17, 15) is 14.9 Å². The fourth-order valence-corrected chi connectivity index (χ4v) is 3.58. The van der Waals surface area contributed by atoms with Crippen molar-refractivity contribution in [2.24, 2.45) is 0 Å². The number of nitrogens with zero attached hydrogens (tertiary/aromatic N) is 2. The molecule has 28 heavy (non-hydrogen) atoms. The molecular formula is C21H18N2O4S. The lowest BCUT2D eigenvalue weighted by molar-refractivity contribution is 0.0470. The lowest BCUT2D eigenvalue weighted by Gasteiger charge is -2.13. The van der Waals surface area contributed by atoms with Crippen molar-refractivity contribution in [1.29, 1.82) is 5.26 Å². The van der Waals surface area contributed by atoms with Gasteiger partial charge in [0, 0.05) is 11.1 Å². The van der Waals surface area contributed by atoms with Crippen molar-refractivity contribution in [3.8, 4) is 11.8 Å². The first-order valence-corrected chi connectivity index (χ1v) is 9.83. The molecule has 0 saturated heterocycles. The summed E-state index contributed by atoms with van der Waals surface area (Å²) >= 11 is 1.18. The van der Waals surface area contributed by atoms with Crippen molar-refractivity contribution in [3.05, 3.63) is 75.7 Å². The predicted octanol–water partition coefficient (Wildman–Crippen LogP) is 3.65. The van der Waals surface area contributed by atoms with Crippen LogP contribution in [-0.4, -0.2) is 23.2 Å². The molecule has 7 heteroatoms. The molecule has 3 rings (SSSR count). The maximum absolute atomic E-state index is 12.9. The van der Waals surface area contributed by atoms with Crippen molar-refractivity contribution in [3.63, 3.8) is 0 Å². The molecule has 2 aromatic heterocycles. The average Bonchev–Trinajstić information content (AvgIpc) is 2.73. The van der Waals surface area contributed by atoms with Crippen LogP contribution in [0.5, 0.6) is 5.75 Å². The van der Waals surface area contributed by atoms with Crippen LogP contribution in [-0.2, 0) is 11.3 Å². The molecule has 142 valence electrons. The highest BCUT2D eigenvalue weighted by atomic mass is 32.2. The fraction of sp³-hybridized carbons (Fsp3) is 0.190. The SMILES string of the molecule is CCOc1ccc(COC(=O)c2c(SC)c(C#N)c(=O)n3ccccc23)cc1. The fourth-order valence-electron chi connectivity index (χ4n) is 2.85. The molecule has 0 fully saturated rings. The molecule has 0 spiro atoms. The Bertz CT molecular complexity index is 1110. The van der Waals surface area contributed by atoms with Crippen LogP contribution in [0.2, 0.25) is 0 Å². The molecule has 0 radical (unpaired) electrons. The van der Waals surface area contributed by atoms with E-state index in [1.54, 1.807) is 24.5 Å². The molecule has 0 atom stereocenters. The standard InChI is InChI=1S/C21H18N2O4S/c1-3-26-15-9-7-14(8-10-15)13-27-21(25)18-17-6-4-5-11-23(17)20(24)16(12-22)19(18)28-2/h4-11H,3,13H2,1-2H3. The Morgan fingerprint density at radius 3 is 2.61 bits per heavy atom. The Kier molecular flexibility index (Phi) is 6.02. The van der Waals surface area contributed by atoms with Crippen LogP contribution in [0.15, 0.2) is 58.4 Å². The number of nitriles is 1. The molecule has 0 bridgehead atoms. The number of hydrogen-bond acceptors (Lipinski definition) is 6. The van der Waals surface area contributed by atoms with Crippen LogP contribution in [0.4, 0.5) is 0 Å². The summed E-state index contributed by atoms with van der Waals surface area (Å²) in [6.07, 6.45) is 3.25. The summed E-state index contributed by atoms with van der Waals surface area (Å²) < 4.78 is 12.2. The Hall–Kier alpha value is -3.24. The van der Waals surface area contributed by atoms with Crippen molar-refractivity contribution in [2.45, 2.75) is 18.4 Å². The Balaban J connectivity index is 1.96. The van der Waals surface area contributed by atoms with Gasteiger partial charge in [0.05, 0.1) is 17.7 Å². The number of benzene rings is 1. The second-order valence-corrected chi connectivity index (χ2v) is 6.63. The van der Waals surface area contributed by atoms with Gasteiger partial charge in [0.1, 0.15) is 24.0 Å². The molecule has 0 aliphatic heterocycles. The van der Waals surface area contributed by atoms with Crippen molar-refractivity contribution < 1.29 is 14.3 Å². The van der Waals surface area contributed by atoms with Crippen LogP contribution in [0.3, 0.4) is 0 Å². The van der Waals surface area contributed by atoms with Crippen LogP contribution >= 0.6 is 11.8 Å². The maximum atomic E-state index is 12.9. The van der Waals surface area contributed by atoms with Gasteiger partial charge in [0.25, 0.3) is 5.56 Å². The minimum absolute atomic E-state index is 0.0655. The average molecular weight is 394 g/mol. The van der Waals surface area contributed by atoms with Gasteiger partial charge in [0.15, 0.2) is 0 Å². The summed E-state index contributed by atoms with van der Waals surface area (Å²) in [6.45, 7) is 2.55. The summed E-state index contributed by atoms with van der Waals surface area (Å²) in [7, 11) is 0. The van der Waals surface area contributed by atoms with Crippen molar-refractivity contribution in [2.75, 3.05) is 12.9 Å². The number of hydrogen-bond donors (Lipinski definition) is 0. The van der Waals surface area contributed by atoms with Crippen LogP contribution in [0.25, 0.3) is 5.52 Å². The van der Waals surface area contributed by atoms with E-state index >= 15 is 0 Å². The van der Waals surface area contributed by atoms with Crippen molar-refractivity contribution >= 4 is 23.2 Å². The molecule has 1 aromatic carbocycles. The smallest absolute Gasteiger partial charge is 0.341 e. The Labute approximate surface area is 166 Å². The number of carbonyl (C=O) groups excluding carboxylic acids is 1. The van der Waals surface area contributed by atoms with Crippen molar-refractivity contribution in [1.82, 2.24) is 4.40 Å². The van der Waals surface area contributed by atoms with Crippen LogP contribution in [0.1, 0.15) is 28.4 Å². The first-order valence-electron chi connectivity index (χ1n) is 8.61. The van der Waals surface area contributed by atoms with Gasteiger partial charge < -0.3 is 9.47 Å². The normalized spacial score (nSPS) is 10.5. The van der Waals surface area contributed by atoms with E-state index in [-0.39, 0.29) is 17.7 Å². The highest BCUT2D eigenvalue weighted by Gasteiger charge is 2.23. The van der Waals surface area contributed by atoms with Gasteiger partial charge in [-0.25, -0.2) is 4.79 Å². The molecule has 0 N–H and O–H groups in total. The Morgan fingerprint density at radius 2 is 1.96 bits per heavy atom. The molecule has 0 aliphatic rings. The molecule has 6 nitrogen and oxygen atoms in total. The number of aromatic nitrogens is 1. The first-order chi connectivity index (χ1) is 13.6. The maximum Gasteiger partial charge on any atom is 0.341 e. The van der Waals surface area contributed by atoms with Gasteiger partial charge in [0.2, 0.25) is 0 Å². The molecule has 3 aromatic rings. The molecular weight excluding hydrogens is 376 g/mol. The second-order valence-electron chi connectivity index (χ2n) is 5.81. The van der Waals surface area contributed by atoms with E-state index < -0.39 is 11.5 Å². The third-order valence-corrected chi connectivity index (χ3v) is 4.94. The number of ether oxygens (including phenoxy) is 2. The minimum atomic E-state index is -0.585. The third-order valence-electron chi connectivity index (χ3n) is 4.13. The summed E-state index contributed by atoms with van der Waals surface area (Å²) in [5.41, 5.74) is 0.915. The van der Waals surface area contributed by atoms with E-state index in [4.69, 9.17) is 9.47 Å². The van der Waals surface area contributed by atoms with Gasteiger partial charge in [-0.2, -0.15) is 5.26 Å². The number of carbonyl (C=O) groups is 1. The highest BCUT2D eigenvalue weighted by molar-refractivity contribution is 7.98. The summed E-state index contributed by atoms with van der Waals surface area (Å²) in [6, 6.07) is 14.2. The second kappa shape index (κ2) is 8.63. The monoisotopic (exact) mass is 394 g/mol. The number of rotatable bonds is 6. The van der Waals surface area contributed by atoms with Gasteiger partial charge in [-0.3, -0.25) is 9.20 Å². The van der Waals surface area contributed by atoms with E-state index in [0.717, 1.165) is 11.3 Å². The molecule has 0 saturated carbocycles. The van der Waals surface area contributed by atoms with Gasteiger partial charge >= 0.3 is 5.97 Å². The molecule has 2 heterocycles. The molecule has 0 aliphatic carbocycles. The van der Waals surface area contributed by atoms with Crippen LogP contribution in [0, 0.1) is 11.3 Å². The molecule has 0 amide bonds. The quantitative estimate of drug-likeness (QED) is 0.469. The van der Waals surface area contributed by atoms with E-state index in [2.05, 4.69) is 0 Å². The predicted molar refractivity (Wildman–Crippen MR) is 107 cm³/mol. The third kappa shape index (κ3) is 3.73. The summed E-state index contributed by atoms with van der Waals surface area (Å²) in [4.78, 5) is 25.7. The topological polar surface area (TPSA) is 80.8 Å². The largest absolute Gasteiger partial charge is 0.494 e. The van der Waals surface area contributed by atoms with Gasteiger partial charge in [-0.1, -0.05) is 18.2 Å². The lowest BCUT2D eigenvalue weighted by atomic mass is 10.1. The van der Waals surface area contributed by atoms with E-state index in [1.165, 1.54) is 22.4 Å². The zero-order valence-corrected chi connectivity index (χ0v) is 16.3. The number of pyridine rings is 2. The summed E-state index contributed by atoms with van der Waals surface area (Å²) in [5, 5.41) is 9.43. The number of fused-ring (bicyclic) bond motifs is 1. The zero-order valence-electron chi connectivity index (χ0n) is 15.5. The number of thioether (sulfide) groups is 1. The molecule has 0 unspecified atom stereocenters. The number of esters is 1. The Morgan fingerprint density at radius 1 is 1.21 bits per heavy atom. The van der Waals surface area contributed by atoms with E-state index in [1.807, 2.05) is 37.3 Å². The van der Waals surface area contributed by atoms with E-state index in [0.29, 0.717) is 17.0 Å². The van der Waals surface area contributed by atoms with Gasteiger partial charge in [-0.15, -0.1) is 11.8 Å².